The summed E-state index contributed by atoms with van der Waals surface area (Å²) >= 11 is 5.81. The highest BCUT2D eigenvalue weighted by molar-refractivity contribution is 6.30. The Labute approximate surface area is 157 Å². The lowest BCUT2D eigenvalue weighted by molar-refractivity contribution is -0.137. The molecule has 0 bridgehead atoms. The van der Waals surface area contributed by atoms with E-state index >= 15 is 0 Å². The van der Waals surface area contributed by atoms with Gasteiger partial charge in [0, 0.05) is 21.7 Å². The average molecular weight is 398 g/mol. The predicted molar refractivity (Wildman–Crippen MR) is 95.9 cm³/mol. The van der Waals surface area contributed by atoms with E-state index in [4.69, 9.17) is 11.6 Å². The highest BCUT2D eigenvalue weighted by Crippen LogP contribution is 2.38. The van der Waals surface area contributed by atoms with Crippen LogP contribution >= 0.6 is 11.6 Å². The van der Waals surface area contributed by atoms with Crippen LogP contribution in [0.25, 0.3) is 11.3 Å². The number of nitrogens with one attached hydrogen (secondary N) is 1. The molecule has 9 heteroatoms. The van der Waals surface area contributed by atoms with Crippen molar-refractivity contribution in [2.24, 2.45) is 0 Å². The van der Waals surface area contributed by atoms with E-state index in [2.05, 4.69) is 10.4 Å². The van der Waals surface area contributed by atoms with Crippen molar-refractivity contribution >= 4 is 17.4 Å². The fraction of sp³-hybridized carbons (Fsp3) is 0.167. The van der Waals surface area contributed by atoms with Gasteiger partial charge in [-0.15, -0.1) is 0 Å². The molecule has 142 valence electrons. The smallest absolute Gasteiger partial charge is 0.418 e. The highest BCUT2D eigenvalue weighted by Gasteiger charge is 2.34. The van der Waals surface area contributed by atoms with E-state index in [-0.39, 0.29) is 28.8 Å². The van der Waals surface area contributed by atoms with Crippen LogP contribution in [0.5, 0.6) is 11.8 Å². The molecule has 3 N–H and O–H groups in total. The summed E-state index contributed by atoms with van der Waals surface area (Å²) in [6, 6.07) is 7.80. The van der Waals surface area contributed by atoms with Crippen LogP contribution in [0.4, 0.5) is 19.0 Å². The SMILES string of the molecule is Cc1c(C)c(O)n(Nc2ccc(C(F)(F)F)c(-c3ccc(Cl)cc3)n2)c1O. The molecule has 27 heavy (non-hydrogen) atoms. The zero-order valence-corrected chi connectivity index (χ0v) is 15.0. The number of hydrogen-bond donors (Lipinski definition) is 3. The number of halogens is 4. The molecule has 0 amide bonds. The van der Waals surface area contributed by atoms with Crippen molar-refractivity contribution in [3.05, 3.63) is 58.1 Å². The monoisotopic (exact) mass is 397 g/mol. The number of aromatic hydroxyl groups is 2. The minimum atomic E-state index is -4.61. The molecular formula is C18H15ClF3N3O2. The van der Waals surface area contributed by atoms with Crippen LogP contribution < -0.4 is 5.43 Å². The Morgan fingerprint density at radius 2 is 1.52 bits per heavy atom. The lowest BCUT2D eigenvalue weighted by Gasteiger charge is -2.15. The second kappa shape index (κ2) is 6.70. The second-order valence-corrected chi connectivity index (χ2v) is 6.38. The maximum atomic E-state index is 13.4. The molecule has 0 unspecified atom stereocenters. The summed E-state index contributed by atoms with van der Waals surface area (Å²) in [4.78, 5) is 4.04. The van der Waals surface area contributed by atoms with Crippen molar-refractivity contribution in [3.63, 3.8) is 0 Å². The summed E-state index contributed by atoms with van der Waals surface area (Å²) in [6.07, 6.45) is -4.61. The summed E-state index contributed by atoms with van der Waals surface area (Å²) < 4.78 is 41.1. The van der Waals surface area contributed by atoms with Crippen LogP contribution in [-0.4, -0.2) is 19.9 Å². The van der Waals surface area contributed by atoms with Crippen LogP contribution in [0.3, 0.4) is 0 Å². The van der Waals surface area contributed by atoms with Gasteiger partial charge < -0.3 is 10.2 Å². The fourth-order valence-corrected chi connectivity index (χ4v) is 2.70. The molecular weight excluding hydrogens is 383 g/mol. The predicted octanol–water partition coefficient (Wildman–Crippen LogP) is 5.13. The van der Waals surface area contributed by atoms with Crippen molar-refractivity contribution in [3.8, 4) is 23.0 Å². The summed E-state index contributed by atoms with van der Waals surface area (Å²) in [5.74, 6) is -0.520. The number of anilines is 1. The van der Waals surface area contributed by atoms with Gasteiger partial charge in [0.15, 0.2) is 0 Å². The molecule has 0 aliphatic carbocycles. The van der Waals surface area contributed by atoms with Crippen LogP contribution in [-0.2, 0) is 6.18 Å². The molecule has 1 aromatic carbocycles. The Kier molecular flexibility index (Phi) is 4.69. The largest absolute Gasteiger partial charge is 0.493 e. The Hall–Kier alpha value is -2.87. The summed E-state index contributed by atoms with van der Waals surface area (Å²) in [6.45, 7) is 3.20. The molecule has 5 nitrogen and oxygen atoms in total. The lowest BCUT2D eigenvalue weighted by atomic mass is 10.1. The van der Waals surface area contributed by atoms with Gasteiger partial charge in [0.05, 0.1) is 11.3 Å². The number of nitrogens with zero attached hydrogens (tertiary/aromatic N) is 2. The first kappa shape index (κ1) is 18.9. The van der Waals surface area contributed by atoms with Gasteiger partial charge in [0.25, 0.3) is 0 Å². The number of aromatic nitrogens is 2. The van der Waals surface area contributed by atoms with E-state index in [1.54, 1.807) is 13.8 Å². The van der Waals surface area contributed by atoms with Crippen LogP contribution in [0.15, 0.2) is 36.4 Å². The topological polar surface area (TPSA) is 70.3 Å². The minimum Gasteiger partial charge on any atom is -0.493 e. The standard InChI is InChI=1S/C18H15ClF3N3O2/c1-9-10(2)17(27)25(16(9)26)24-14-8-7-13(18(20,21)22)15(23-14)11-3-5-12(19)6-4-11/h3-8,26-27H,1-2H3,(H,23,24). The average Bonchev–Trinajstić information content (AvgIpc) is 2.79. The molecule has 3 aromatic rings. The molecule has 0 aliphatic rings. The van der Waals surface area contributed by atoms with Crippen LogP contribution in [0, 0.1) is 13.8 Å². The van der Waals surface area contributed by atoms with Crippen LogP contribution in [0.2, 0.25) is 5.02 Å². The quantitative estimate of drug-likeness (QED) is 0.573. The third-order valence-electron chi connectivity index (χ3n) is 4.20. The maximum Gasteiger partial charge on any atom is 0.418 e. The molecule has 2 heterocycles. The van der Waals surface area contributed by atoms with E-state index in [9.17, 15) is 23.4 Å². The molecule has 0 saturated heterocycles. The molecule has 3 rings (SSSR count). The second-order valence-electron chi connectivity index (χ2n) is 5.94. The van der Waals surface area contributed by atoms with E-state index in [1.165, 1.54) is 24.3 Å². The highest BCUT2D eigenvalue weighted by atomic mass is 35.5. The molecule has 0 spiro atoms. The Bertz CT molecular complexity index is 973. The summed E-state index contributed by atoms with van der Waals surface area (Å²) in [5, 5.41) is 20.5. The molecule has 2 aromatic heterocycles. The van der Waals surface area contributed by atoms with Gasteiger partial charge in [-0.1, -0.05) is 23.7 Å². The van der Waals surface area contributed by atoms with E-state index < -0.39 is 11.7 Å². The first-order chi connectivity index (χ1) is 12.6. The minimum absolute atomic E-state index is 0.00792. The van der Waals surface area contributed by atoms with Crippen molar-refractivity contribution in [2.45, 2.75) is 20.0 Å². The maximum absolute atomic E-state index is 13.4. The van der Waals surface area contributed by atoms with Crippen molar-refractivity contribution < 1.29 is 23.4 Å². The van der Waals surface area contributed by atoms with Gasteiger partial charge in [-0.2, -0.15) is 17.8 Å². The number of alkyl halides is 3. The third kappa shape index (κ3) is 3.52. The Morgan fingerprint density at radius 1 is 0.963 bits per heavy atom. The van der Waals surface area contributed by atoms with Crippen molar-refractivity contribution in [2.75, 3.05) is 5.43 Å². The summed E-state index contributed by atoms with van der Waals surface area (Å²) in [7, 11) is 0. The van der Waals surface area contributed by atoms with Crippen LogP contribution in [0.1, 0.15) is 16.7 Å². The zero-order chi connectivity index (χ0) is 19.9. The summed E-state index contributed by atoms with van der Waals surface area (Å²) in [5.41, 5.74) is 2.49. The van der Waals surface area contributed by atoms with E-state index in [0.29, 0.717) is 16.1 Å². The van der Waals surface area contributed by atoms with Gasteiger partial charge in [-0.05, 0) is 38.1 Å². The van der Waals surface area contributed by atoms with E-state index in [0.717, 1.165) is 16.8 Å². The number of benzene rings is 1. The van der Waals surface area contributed by atoms with Crippen molar-refractivity contribution in [1.82, 2.24) is 9.66 Å². The lowest BCUT2D eigenvalue weighted by Crippen LogP contribution is -2.13. The number of hydrogen-bond acceptors (Lipinski definition) is 4. The molecule has 0 saturated carbocycles. The number of rotatable bonds is 3. The van der Waals surface area contributed by atoms with Gasteiger partial charge in [0.1, 0.15) is 5.82 Å². The molecule has 0 aliphatic heterocycles. The first-order valence-electron chi connectivity index (χ1n) is 7.80. The molecule has 0 atom stereocenters. The first-order valence-corrected chi connectivity index (χ1v) is 8.18. The Morgan fingerprint density at radius 3 is 2.04 bits per heavy atom. The number of pyridine rings is 1. The molecule has 0 radical (unpaired) electrons. The third-order valence-corrected chi connectivity index (χ3v) is 4.45. The van der Waals surface area contributed by atoms with Gasteiger partial charge in [-0.25, -0.2) is 4.98 Å². The van der Waals surface area contributed by atoms with Crippen molar-refractivity contribution in [1.29, 1.82) is 0 Å². The van der Waals surface area contributed by atoms with E-state index in [1.807, 2.05) is 0 Å². The van der Waals surface area contributed by atoms with Gasteiger partial charge in [-0.3, -0.25) is 5.43 Å². The zero-order valence-electron chi connectivity index (χ0n) is 14.3. The normalized spacial score (nSPS) is 11.6. The van der Waals surface area contributed by atoms with Gasteiger partial charge >= 0.3 is 6.18 Å². The molecule has 0 fully saturated rings. The fourth-order valence-electron chi connectivity index (χ4n) is 2.57. The van der Waals surface area contributed by atoms with Gasteiger partial charge in [0.2, 0.25) is 11.8 Å². The Balaban J connectivity index is 2.10.